The lowest BCUT2D eigenvalue weighted by Gasteiger charge is -2.27. The van der Waals surface area contributed by atoms with Crippen molar-refractivity contribution < 1.29 is 9.90 Å². The molecule has 1 aromatic heterocycles. The Kier molecular flexibility index (Phi) is 4.37. The van der Waals surface area contributed by atoms with Crippen LogP contribution in [-0.2, 0) is 0 Å². The molecule has 0 aliphatic heterocycles. The average Bonchev–Trinajstić information content (AvgIpc) is 3.15. The molecule has 7 heteroatoms. The summed E-state index contributed by atoms with van der Waals surface area (Å²) in [5.41, 5.74) is 0.136. The van der Waals surface area contributed by atoms with Gasteiger partial charge in [0.25, 0.3) is 5.91 Å². The number of para-hydroxylation sites is 1. The Hall–Kier alpha value is -1.92. The third kappa shape index (κ3) is 3.09. The fourth-order valence-corrected chi connectivity index (χ4v) is 3.22. The Labute approximate surface area is 139 Å². The average molecular weight is 335 g/mol. The minimum Gasteiger partial charge on any atom is -0.394 e. The van der Waals surface area contributed by atoms with Crippen LogP contribution >= 0.6 is 11.6 Å². The van der Waals surface area contributed by atoms with Crippen LogP contribution < -0.4 is 5.32 Å². The Morgan fingerprint density at radius 3 is 2.74 bits per heavy atom. The molecule has 122 valence electrons. The van der Waals surface area contributed by atoms with Gasteiger partial charge in [-0.25, -0.2) is 9.67 Å². The molecule has 6 nitrogen and oxygen atoms in total. The van der Waals surface area contributed by atoms with Crippen molar-refractivity contribution >= 4 is 17.5 Å². The van der Waals surface area contributed by atoms with E-state index < -0.39 is 5.54 Å². The standard InChI is InChI=1S/C16H19ClN4O2/c1-11-18-14(15(23)19-16(10-22)8-4-5-9-16)20-21(11)13-7-3-2-6-12(13)17/h2-3,6-7,22H,4-5,8-10H2,1H3,(H,19,23). The van der Waals surface area contributed by atoms with Gasteiger partial charge in [-0.05, 0) is 31.9 Å². The third-order valence-electron chi connectivity index (χ3n) is 4.29. The van der Waals surface area contributed by atoms with Gasteiger partial charge in [-0.1, -0.05) is 36.6 Å². The summed E-state index contributed by atoms with van der Waals surface area (Å²) < 4.78 is 1.55. The second kappa shape index (κ2) is 6.29. The summed E-state index contributed by atoms with van der Waals surface area (Å²) >= 11 is 6.18. The maximum atomic E-state index is 12.5. The lowest BCUT2D eigenvalue weighted by atomic mass is 9.99. The summed E-state index contributed by atoms with van der Waals surface area (Å²) in [7, 11) is 0. The zero-order chi connectivity index (χ0) is 16.4. The first-order valence-electron chi connectivity index (χ1n) is 7.67. The topological polar surface area (TPSA) is 80.0 Å². The van der Waals surface area contributed by atoms with Gasteiger partial charge in [0.05, 0.1) is 22.9 Å². The number of hydrogen-bond acceptors (Lipinski definition) is 4. The van der Waals surface area contributed by atoms with Crippen molar-refractivity contribution in [1.29, 1.82) is 0 Å². The van der Waals surface area contributed by atoms with Gasteiger partial charge in [0.15, 0.2) is 0 Å². The van der Waals surface area contributed by atoms with Crippen LogP contribution in [0.15, 0.2) is 24.3 Å². The van der Waals surface area contributed by atoms with Gasteiger partial charge < -0.3 is 10.4 Å². The molecule has 1 saturated carbocycles. The highest BCUT2D eigenvalue weighted by Gasteiger charge is 2.35. The normalized spacial score (nSPS) is 16.5. The molecule has 23 heavy (non-hydrogen) atoms. The number of aliphatic hydroxyl groups excluding tert-OH is 1. The van der Waals surface area contributed by atoms with Gasteiger partial charge in [0.1, 0.15) is 5.82 Å². The molecule has 2 aromatic rings. The first kappa shape index (κ1) is 16.0. The Morgan fingerprint density at radius 2 is 2.09 bits per heavy atom. The molecule has 0 spiro atoms. The van der Waals surface area contributed by atoms with Gasteiger partial charge >= 0.3 is 0 Å². The van der Waals surface area contributed by atoms with Crippen molar-refractivity contribution in [3.8, 4) is 5.69 Å². The number of carbonyl (C=O) groups excluding carboxylic acids is 1. The highest BCUT2D eigenvalue weighted by Crippen LogP contribution is 2.29. The zero-order valence-electron chi connectivity index (χ0n) is 12.9. The molecule has 1 aromatic carbocycles. The maximum absolute atomic E-state index is 12.5. The molecule has 2 N–H and O–H groups in total. The van der Waals surface area contributed by atoms with Crippen molar-refractivity contribution in [2.45, 2.75) is 38.1 Å². The fourth-order valence-electron chi connectivity index (χ4n) is 3.01. The van der Waals surface area contributed by atoms with Gasteiger partial charge in [0.2, 0.25) is 5.82 Å². The molecular formula is C16H19ClN4O2. The smallest absolute Gasteiger partial charge is 0.291 e. The van der Waals surface area contributed by atoms with Crippen LogP contribution in [0, 0.1) is 6.92 Å². The first-order valence-corrected chi connectivity index (χ1v) is 8.04. The number of rotatable bonds is 4. The van der Waals surface area contributed by atoms with Gasteiger partial charge in [-0.2, -0.15) is 0 Å². The van der Waals surface area contributed by atoms with E-state index in [9.17, 15) is 9.90 Å². The number of aliphatic hydroxyl groups is 1. The number of halogens is 1. The van der Waals surface area contributed by atoms with E-state index >= 15 is 0 Å². The van der Waals surface area contributed by atoms with Crippen LogP contribution in [0.1, 0.15) is 42.1 Å². The number of amides is 1. The molecule has 1 amide bonds. The lowest BCUT2D eigenvalue weighted by Crippen LogP contribution is -2.49. The second-order valence-electron chi connectivity index (χ2n) is 5.95. The monoisotopic (exact) mass is 334 g/mol. The van der Waals surface area contributed by atoms with Crippen molar-refractivity contribution in [3.05, 3.63) is 40.9 Å². The van der Waals surface area contributed by atoms with Crippen LogP contribution in [0.25, 0.3) is 5.69 Å². The molecule has 0 unspecified atom stereocenters. The molecule has 1 fully saturated rings. The second-order valence-corrected chi connectivity index (χ2v) is 6.35. The number of carbonyl (C=O) groups is 1. The van der Waals surface area contributed by atoms with Crippen LogP contribution in [-0.4, -0.2) is 37.9 Å². The third-order valence-corrected chi connectivity index (χ3v) is 4.61. The van der Waals surface area contributed by atoms with E-state index in [4.69, 9.17) is 11.6 Å². The van der Waals surface area contributed by atoms with E-state index in [2.05, 4.69) is 15.4 Å². The van der Waals surface area contributed by atoms with Gasteiger partial charge in [0, 0.05) is 0 Å². The quantitative estimate of drug-likeness (QED) is 0.898. The van der Waals surface area contributed by atoms with Crippen LogP contribution in [0.2, 0.25) is 5.02 Å². The van der Waals surface area contributed by atoms with Crippen molar-refractivity contribution in [2.75, 3.05) is 6.61 Å². The van der Waals surface area contributed by atoms with Crippen molar-refractivity contribution in [2.24, 2.45) is 0 Å². The van der Waals surface area contributed by atoms with E-state index in [0.29, 0.717) is 16.5 Å². The minimum absolute atomic E-state index is 0.0665. The number of nitrogens with one attached hydrogen (secondary N) is 1. The zero-order valence-corrected chi connectivity index (χ0v) is 13.7. The summed E-state index contributed by atoms with van der Waals surface area (Å²) in [4.78, 5) is 16.7. The van der Waals surface area contributed by atoms with Crippen molar-refractivity contribution in [1.82, 2.24) is 20.1 Å². The lowest BCUT2D eigenvalue weighted by molar-refractivity contribution is 0.0828. The van der Waals surface area contributed by atoms with E-state index in [1.807, 2.05) is 18.2 Å². The Morgan fingerprint density at radius 1 is 1.39 bits per heavy atom. The molecule has 0 bridgehead atoms. The van der Waals surface area contributed by atoms with Gasteiger partial charge in [-0.15, -0.1) is 5.10 Å². The van der Waals surface area contributed by atoms with Crippen LogP contribution in [0.3, 0.4) is 0 Å². The number of nitrogens with zero attached hydrogens (tertiary/aromatic N) is 3. The summed E-state index contributed by atoms with van der Waals surface area (Å²) in [5, 5.41) is 17.3. The number of aryl methyl sites for hydroxylation is 1. The minimum atomic E-state index is -0.541. The summed E-state index contributed by atoms with van der Waals surface area (Å²) in [5.74, 6) is 0.296. The number of benzene rings is 1. The number of hydrogen-bond donors (Lipinski definition) is 2. The molecule has 3 rings (SSSR count). The molecule has 1 heterocycles. The molecule has 1 aliphatic rings. The predicted molar refractivity (Wildman–Crippen MR) is 86.9 cm³/mol. The molecule has 0 saturated heterocycles. The molecule has 0 radical (unpaired) electrons. The maximum Gasteiger partial charge on any atom is 0.291 e. The molecular weight excluding hydrogens is 316 g/mol. The van der Waals surface area contributed by atoms with E-state index in [1.54, 1.807) is 17.7 Å². The van der Waals surface area contributed by atoms with Crippen LogP contribution in [0.5, 0.6) is 0 Å². The van der Waals surface area contributed by atoms with E-state index in [-0.39, 0.29) is 18.3 Å². The van der Waals surface area contributed by atoms with Crippen LogP contribution in [0.4, 0.5) is 0 Å². The SMILES string of the molecule is Cc1nc(C(=O)NC2(CO)CCCC2)nn1-c1ccccc1Cl. The highest BCUT2D eigenvalue weighted by molar-refractivity contribution is 6.32. The summed E-state index contributed by atoms with van der Waals surface area (Å²) in [6.45, 7) is 1.70. The predicted octanol–water partition coefficient (Wildman–Crippen LogP) is 2.26. The summed E-state index contributed by atoms with van der Waals surface area (Å²) in [6, 6.07) is 7.26. The van der Waals surface area contributed by atoms with E-state index in [1.165, 1.54) is 0 Å². The van der Waals surface area contributed by atoms with E-state index in [0.717, 1.165) is 25.7 Å². The Balaban J connectivity index is 1.86. The number of aromatic nitrogens is 3. The molecule has 1 aliphatic carbocycles. The summed E-state index contributed by atoms with van der Waals surface area (Å²) in [6.07, 6.45) is 3.56. The van der Waals surface area contributed by atoms with Gasteiger partial charge in [-0.3, -0.25) is 4.79 Å². The van der Waals surface area contributed by atoms with Crippen molar-refractivity contribution in [3.63, 3.8) is 0 Å². The molecule has 0 atom stereocenters. The Bertz CT molecular complexity index is 723. The largest absolute Gasteiger partial charge is 0.394 e. The first-order chi connectivity index (χ1) is 11.0. The fraction of sp³-hybridized carbons (Fsp3) is 0.438. The highest BCUT2D eigenvalue weighted by atomic mass is 35.5.